The van der Waals surface area contributed by atoms with E-state index < -0.39 is 5.60 Å². The molecule has 36 heavy (non-hydrogen) atoms. The number of carbonyl (C=O) groups excluding carboxylic acids is 1. The molecule has 1 atom stereocenters. The molecule has 1 unspecified atom stereocenters. The minimum atomic E-state index is -0.989. The van der Waals surface area contributed by atoms with Crippen LogP contribution >= 0.6 is 11.3 Å². The number of aromatic nitrogens is 3. The van der Waals surface area contributed by atoms with Gasteiger partial charge in [-0.1, -0.05) is 6.07 Å². The highest BCUT2D eigenvalue weighted by Crippen LogP contribution is 2.30. The van der Waals surface area contributed by atoms with E-state index in [-0.39, 0.29) is 18.6 Å². The second kappa shape index (κ2) is 9.78. The Morgan fingerprint density at radius 3 is 2.86 bits per heavy atom. The summed E-state index contributed by atoms with van der Waals surface area (Å²) in [5.41, 5.74) is 1.79. The van der Waals surface area contributed by atoms with Crippen LogP contribution in [0.5, 0.6) is 0 Å². The maximum Gasteiger partial charge on any atom is 0.268 e. The second-order valence-corrected chi connectivity index (χ2v) is 11.0. The third-order valence-electron chi connectivity index (χ3n) is 6.25. The van der Waals surface area contributed by atoms with Gasteiger partial charge in [-0.3, -0.25) is 15.0 Å². The lowest BCUT2D eigenvalue weighted by atomic mass is 10.1. The molecular formula is C26H31N5O4S. The average Bonchev–Trinajstić information content (AvgIpc) is 3.60. The van der Waals surface area contributed by atoms with E-state index in [9.17, 15) is 9.90 Å². The third kappa shape index (κ3) is 5.36. The van der Waals surface area contributed by atoms with Crippen LogP contribution in [-0.4, -0.2) is 62.4 Å². The van der Waals surface area contributed by atoms with Crippen molar-refractivity contribution in [2.24, 2.45) is 0 Å². The molecule has 0 aliphatic carbocycles. The summed E-state index contributed by atoms with van der Waals surface area (Å²) in [7, 11) is 1.76. The Kier molecular flexibility index (Phi) is 6.69. The van der Waals surface area contributed by atoms with Crippen LogP contribution in [0.1, 0.15) is 41.4 Å². The molecule has 1 amide bonds. The predicted molar refractivity (Wildman–Crippen MR) is 139 cm³/mol. The fourth-order valence-electron chi connectivity index (χ4n) is 4.54. The van der Waals surface area contributed by atoms with Gasteiger partial charge in [-0.25, -0.2) is 9.97 Å². The number of rotatable bonds is 8. The topological polar surface area (TPSA) is 106 Å². The normalized spacial score (nSPS) is 16.8. The number of carbonyl (C=O) groups is 1. The number of ether oxygens (including phenoxy) is 1. The number of aliphatic hydroxyl groups is 1. The molecule has 3 aromatic heterocycles. The number of hydrogen-bond donors (Lipinski definition) is 2. The third-order valence-corrected chi connectivity index (χ3v) is 7.34. The number of aryl methyl sites for hydroxylation is 1. The quantitative estimate of drug-likeness (QED) is 0.365. The summed E-state index contributed by atoms with van der Waals surface area (Å²) in [5, 5.41) is 13.5. The molecule has 9 nitrogen and oxygen atoms in total. The van der Waals surface area contributed by atoms with Gasteiger partial charge in [-0.15, -0.1) is 11.3 Å². The van der Waals surface area contributed by atoms with Gasteiger partial charge in [0, 0.05) is 33.7 Å². The van der Waals surface area contributed by atoms with Crippen molar-refractivity contribution in [1.29, 1.82) is 0 Å². The summed E-state index contributed by atoms with van der Waals surface area (Å²) < 4.78 is 12.9. The fourth-order valence-corrected chi connectivity index (χ4v) is 5.39. The van der Waals surface area contributed by atoms with Crippen LogP contribution in [0.2, 0.25) is 0 Å². The maximum atomic E-state index is 13.1. The van der Waals surface area contributed by atoms with Gasteiger partial charge in [0.15, 0.2) is 11.7 Å². The van der Waals surface area contributed by atoms with Gasteiger partial charge in [0.25, 0.3) is 5.91 Å². The highest BCUT2D eigenvalue weighted by molar-refractivity contribution is 7.17. The smallest absolute Gasteiger partial charge is 0.268 e. The van der Waals surface area contributed by atoms with Crippen LogP contribution in [0.3, 0.4) is 0 Å². The van der Waals surface area contributed by atoms with E-state index in [1.807, 2.05) is 16.7 Å². The monoisotopic (exact) mass is 509 g/mol. The molecule has 190 valence electrons. The fraction of sp³-hybridized carbons (Fsp3) is 0.423. The summed E-state index contributed by atoms with van der Waals surface area (Å²) >= 11 is 1.33. The summed E-state index contributed by atoms with van der Waals surface area (Å²) in [6.07, 6.45) is 2.98. The molecule has 0 saturated carbocycles. The van der Waals surface area contributed by atoms with E-state index >= 15 is 0 Å². The van der Waals surface area contributed by atoms with Crippen LogP contribution in [0.25, 0.3) is 21.7 Å². The molecule has 5 rings (SSSR count). The first-order chi connectivity index (χ1) is 17.2. The van der Waals surface area contributed by atoms with Crippen LogP contribution in [-0.2, 0) is 17.8 Å². The Bertz CT molecular complexity index is 1380. The van der Waals surface area contributed by atoms with Crippen molar-refractivity contribution in [3.8, 4) is 10.6 Å². The Hall–Kier alpha value is -3.05. The molecule has 1 aromatic carbocycles. The number of nitrogens with one attached hydrogen (secondary N) is 1. The summed E-state index contributed by atoms with van der Waals surface area (Å²) in [6.45, 7) is 8.28. The van der Waals surface area contributed by atoms with Gasteiger partial charge in [0.2, 0.25) is 5.95 Å². The number of nitrogens with zero attached hydrogens (tertiary/aromatic N) is 4. The Morgan fingerprint density at radius 1 is 1.33 bits per heavy atom. The number of likely N-dealkylation sites (tertiary alicyclic amines) is 1. The van der Waals surface area contributed by atoms with E-state index in [1.54, 1.807) is 40.1 Å². The molecule has 0 spiro atoms. The molecule has 10 heteroatoms. The van der Waals surface area contributed by atoms with Crippen molar-refractivity contribution in [2.45, 2.75) is 52.0 Å². The standard InChI is InChI=1S/C26H31N5O4S/c1-16-27-12-21(35-16)22-7-8-23(36-22)24(32)29-25-28-19-11-17(13-30-10-9-18(14-30)34-4)5-6-20(19)31(25)15-26(2,3)33/h5-8,11-12,18,33H,9-10,13-15H2,1-4H3,(H,28,29,32). The molecule has 1 aliphatic rings. The minimum Gasteiger partial charge on any atom is -0.440 e. The largest absolute Gasteiger partial charge is 0.440 e. The number of methoxy groups -OCH3 is 1. The number of oxazole rings is 1. The molecule has 4 heterocycles. The number of amides is 1. The van der Waals surface area contributed by atoms with Gasteiger partial charge in [-0.05, 0) is 50.1 Å². The Labute approximate surface area is 213 Å². The zero-order valence-electron chi connectivity index (χ0n) is 20.9. The van der Waals surface area contributed by atoms with Gasteiger partial charge >= 0.3 is 0 Å². The molecule has 2 N–H and O–H groups in total. The summed E-state index contributed by atoms with van der Waals surface area (Å²) in [5.74, 6) is 1.35. The van der Waals surface area contributed by atoms with Crippen LogP contribution < -0.4 is 5.32 Å². The van der Waals surface area contributed by atoms with Crippen LogP contribution in [0, 0.1) is 6.92 Å². The van der Waals surface area contributed by atoms with Crippen molar-refractivity contribution in [2.75, 3.05) is 25.5 Å². The number of anilines is 1. The SMILES string of the molecule is COC1CCN(Cc2ccc3c(c2)nc(NC(=O)c2ccc(-c4cnc(C)o4)s2)n3CC(C)(C)O)C1. The predicted octanol–water partition coefficient (Wildman–Crippen LogP) is 4.31. The first-order valence-electron chi connectivity index (χ1n) is 12.0. The first kappa shape index (κ1) is 24.6. The Balaban J connectivity index is 1.40. The van der Waals surface area contributed by atoms with Crippen LogP contribution in [0.4, 0.5) is 5.95 Å². The lowest BCUT2D eigenvalue weighted by Crippen LogP contribution is -2.27. The van der Waals surface area contributed by atoms with Gasteiger partial charge in [0.1, 0.15) is 0 Å². The molecule has 1 fully saturated rings. The van der Waals surface area contributed by atoms with Crippen molar-refractivity contribution < 1.29 is 19.1 Å². The summed E-state index contributed by atoms with van der Waals surface area (Å²) in [6, 6.07) is 9.76. The Morgan fingerprint density at radius 2 is 2.17 bits per heavy atom. The molecule has 1 saturated heterocycles. The number of fused-ring (bicyclic) bond motifs is 1. The van der Waals surface area contributed by atoms with Crippen molar-refractivity contribution in [3.63, 3.8) is 0 Å². The molecule has 0 radical (unpaired) electrons. The van der Waals surface area contributed by atoms with E-state index in [4.69, 9.17) is 14.1 Å². The highest BCUT2D eigenvalue weighted by Gasteiger charge is 2.24. The number of hydrogen-bond acceptors (Lipinski definition) is 8. The van der Waals surface area contributed by atoms with Crippen molar-refractivity contribution in [1.82, 2.24) is 19.4 Å². The molecule has 4 aromatic rings. The van der Waals surface area contributed by atoms with E-state index in [1.165, 1.54) is 11.3 Å². The molecular weight excluding hydrogens is 478 g/mol. The lowest BCUT2D eigenvalue weighted by molar-refractivity contribution is 0.0630. The number of thiophene rings is 1. The zero-order chi connectivity index (χ0) is 25.4. The second-order valence-electron chi connectivity index (χ2n) is 9.90. The molecule has 1 aliphatic heterocycles. The summed E-state index contributed by atoms with van der Waals surface area (Å²) in [4.78, 5) is 25.7. The van der Waals surface area contributed by atoms with E-state index in [0.717, 1.165) is 47.5 Å². The molecule has 0 bridgehead atoms. The lowest BCUT2D eigenvalue weighted by Gasteiger charge is -2.20. The zero-order valence-corrected chi connectivity index (χ0v) is 21.8. The first-order valence-corrected chi connectivity index (χ1v) is 12.8. The average molecular weight is 510 g/mol. The number of imidazole rings is 1. The van der Waals surface area contributed by atoms with E-state index in [0.29, 0.717) is 22.5 Å². The van der Waals surface area contributed by atoms with Crippen LogP contribution in [0.15, 0.2) is 40.9 Å². The van der Waals surface area contributed by atoms with Crippen molar-refractivity contribution >= 4 is 34.2 Å². The van der Waals surface area contributed by atoms with Gasteiger partial charge < -0.3 is 18.8 Å². The van der Waals surface area contributed by atoms with Gasteiger partial charge in [-0.2, -0.15) is 0 Å². The highest BCUT2D eigenvalue weighted by atomic mass is 32.1. The van der Waals surface area contributed by atoms with Gasteiger partial charge in [0.05, 0.1) is 45.2 Å². The van der Waals surface area contributed by atoms with Crippen molar-refractivity contribution in [3.05, 3.63) is 52.9 Å². The maximum absolute atomic E-state index is 13.1. The number of benzene rings is 1. The minimum absolute atomic E-state index is 0.266. The van der Waals surface area contributed by atoms with E-state index in [2.05, 4.69) is 27.3 Å².